The SMILES string of the molecule is CCOc1ccc(CNc2ccc(C#N)cc2)cc1OC. The first-order chi connectivity index (χ1) is 10.3. The Labute approximate surface area is 124 Å². The zero-order valence-corrected chi connectivity index (χ0v) is 12.2. The number of benzene rings is 2. The van der Waals surface area contributed by atoms with Crippen LogP contribution in [-0.4, -0.2) is 13.7 Å². The monoisotopic (exact) mass is 282 g/mol. The van der Waals surface area contributed by atoms with Crippen molar-refractivity contribution in [2.24, 2.45) is 0 Å². The van der Waals surface area contributed by atoms with Gasteiger partial charge in [-0.25, -0.2) is 0 Å². The molecule has 0 saturated carbocycles. The highest BCUT2D eigenvalue weighted by atomic mass is 16.5. The summed E-state index contributed by atoms with van der Waals surface area (Å²) < 4.78 is 10.8. The molecular formula is C17H18N2O2. The Bertz CT molecular complexity index is 630. The summed E-state index contributed by atoms with van der Waals surface area (Å²) in [5.74, 6) is 1.48. The fourth-order valence-electron chi connectivity index (χ4n) is 1.96. The van der Waals surface area contributed by atoms with E-state index < -0.39 is 0 Å². The van der Waals surface area contributed by atoms with E-state index in [-0.39, 0.29) is 0 Å². The fourth-order valence-corrected chi connectivity index (χ4v) is 1.96. The van der Waals surface area contributed by atoms with Gasteiger partial charge in [0.05, 0.1) is 25.3 Å². The lowest BCUT2D eigenvalue weighted by Crippen LogP contribution is -2.01. The van der Waals surface area contributed by atoms with Crippen molar-refractivity contribution in [1.82, 2.24) is 0 Å². The normalized spacial score (nSPS) is 9.76. The van der Waals surface area contributed by atoms with E-state index in [0.717, 1.165) is 22.7 Å². The standard InChI is InChI=1S/C17H18N2O2/c1-3-21-16-9-6-14(10-17(16)20-2)12-19-15-7-4-13(11-18)5-8-15/h4-10,19H,3,12H2,1-2H3. The molecule has 0 saturated heterocycles. The molecule has 2 rings (SSSR count). The number of hydrogen-bond acceptors (Lipinski definition) is 4. The third kappa shape index (κ3) is 3.90. The van der Waals surface area contributed by atoms with E-state index in [1.165, 1.54) is 0 Å². The van der Waals surface area contributed by atoms with Gasteiger partial charge < -0.3 is 14.8 Å². The van der Waals surface area contributed by atoms with E-state index in [2.05, 4.69) is 11.4 Å². The lowest BCUT2D eigenvalue weighted by molar-refractivity contribution is 0.310. The molecule has 21 heavy (non-hydrogen) atoms. The van der Waals surface area contributed by atoms with Crippen LogP contribution in [0, 0.1) is 11.3 Å². The van der Waals surface area contributed by atoms with Crippen LogP contribution in [0.4, 0.5) is 5.69 Å². The van der Waals surface area contributed by atoms with Gasteiger partial charge in [-0.05, 0) is 48.9 Å². The number of nitriles is 1. The van der Waals surface area contributed by atoms with Crippen molar-refractivity contribution in [2.75, 3.05) is 19.0 Å². The first kappa shape index (κ1) is 14.7. The Morgan fingerprint density at radius 3 is 2.48 bits per heavy atom. The molecule has 0 atom stereocenters. The Hall–Kier alpha value is -2.67. The Morgan fingerprint density at radius 1 is 1.10 bits per heavy atom. The lowest BCUT2D eigenvalue weighted by Gasteiger charge is -2.12. The van der Waals surface area contributed by atoms with Crippen LogP contribution in [-0.2, 0) is 6.54 Å². The number of nitrogens with zero attached hydrogens (tertiary/aromatic N) is 1. The average Bonchev–Trinajstić information content (AvgIpc) is 2.54. The lowest BCUT2D eigenvalue weighted by atomic mass is 10.2. The molecule has 0 amide bonds. The number of rotatable bonds is 6. The second-order valence-corrected chi connectivity index (χ2v) is 4.46. The van der Waals surface area contributed by atoms with Gasteiger partial charge in [-0.1, -0.05) is 6.07 Å². The van der Waals surface area contributed by atoms with E-state index in [0.29, 0.717) is 18.7 Å². The first-order valence-corrected chi connectivity index (χ1v) is 6.80. The van der Waals surface area contributed by atoms with Crippen molar-refractivity contribution >= 4 is 5.69 Å². The molecule has 0 heterocycles. The molecular weight excluding hydrogens is 264 g/mol. The van der Waals surface area contributed by atoms with Crippen LogP contribution in [0.5, 0.6) is 11.5 Å². The third-order valence-electron chi connectivity index (χ3n) is 3.04. The number of nitrogens with one attached hydrogen (secondary N) is 1. The number of hydrogen-bond donors (Lipinski definition) is 1. The Morgan fingerprint density at radius 2 is 1.86 bits per heavy atom. The van der Waals surface area contributed by atoms with E-state index in [9.17, 15) is 0 Å². The van der Waals surface area contributed by atoms with Crippen LogP contribution in [0.25, 0.3) is 0 Å². The minimum atomic E-state index is 0.610. The van der Waals surface area contributed by atoms with Gasteiger partial charge in [-0.2, -0.15) is 5.26 Å². The highest BCUT2D eigenvalue weighted by Gasteiger charge is 2.05. The van der Waals surface area contributed by atoms with Gasteiger partial charge in [0.2, 0.25) is 0 Å². The minimum Gasteiger partial charge on any atom is -0.493 e. The summed E-state index contributed by atoms with van der Waals surface area (Å²) in [7, 11) is 1.63. The van der Waals surface area contributed by atoms with E-state index >= 15 is 0 Å². The van der Waals surface area contributed by atoms with E-state index in [1.54, 1.807) is 19.2 Å². The molecule has 108 valence electrons. The third-order valence-corrected chi connectivity index (χ3v) is 3.04. The van der Waals surface area contributed by atoms with Crippen LogP contribution >= 0.6 is 0 Å². The second-order valence-electron chi connectivity index (χ2n) is 4.46. The highest BCUT2D eigenvalue weighted by molar-refractivity contribution is 5.49. The maximum atomic E-state index is 8.77. The molecule has 4 nitrogen and oxygen atoms in total. The van der Waals surface area contributed by atoms with Crippen LogP contribution in [0.1, 0.15) is 18.1 Å². The summed E-state index contributed by atoms with van der Waals surface area (Å²) in [4.78, 5) is 0. The number of ether oxygens (including phenoxy) is 2. The highest BCUT2D eigenvalue weighted by Crippen LogP contribution is 2.28. The number of methoxy groups -OCH3 is 1. The Balaban J connectivity index is 2.04. The molecule has 0 aliphatic heterocycles. The summed E-state index contributed by atoms with van der Waals surface area (Å²) >= 11 is 0. The fraction of sp³-hybridized carbons (Fsp3) is 0.235. The van der Waals surface area contributed by atoms with Crippen molar-refractivity contribution in [3.05, 3.63) is 53.6 Å². The van der Waals surface area contributed by atoms with Crippen molar-refractivity contribution in [2.45, 2.75) is 13.5 Å². The molecule has 0 aromatic heterocycles. The summed E-state index contributed by atoms with van der Waals surface area (Å²) in [5, 5.41) is 12.1. The van der Waals surface area contributed by atoms with Gasteiger partial charge in [-0.15, -0.1) is 0 Å². The topological polar surface area (TPSA) is 54.3 Å². The van der Waals surface area contributed by atoms with E-state index in [4.69, 9.17) is 14.7 Å². The molecule has 0 bridgehead atoms. The maximum Gasteiger partial charge on any atom is 0.161 e. The van der Waals surface area contributed by atoms with Crippen LogP contribution in [0.15, 0.2) is 42.5 Å². The molecule has 2 aromatic rings. The van der Waals surface area contributed by atoms with Gasteiger partial charge in [0.25, 0.3) is 0 Å². The van der Waals surface area contributed by atoms with Gasteiger partial charge >= 0.3 is 0 Å². The smallest absolute Gasteiger partial charge is 0.161 e. The van der Waals surface area contributed by atoms with Gasteiger partial charge in [0, 0.05) is 12.2 Å². The first-order valence-electron chi connectivity index (χ1n) is 6.80. The predicted octanol–water partition coefficient (Wildman–Crippen LogP) is 3.58. The summed E-state index contributed by atoms with van der Waals surface area (Å²) in [6.07, 6.45) is 0. The Kier molecular flexibility index (Phi) is 5.05. The van der Waals surface area contributed by atoms with Gasteiger partial charge in [0.1, 0.15) is 0 Å². The van der Waals surface area contributed by atoms with Crippen molar-refractivity contribution in [1.29, 1.82) is 5.26 Å². The largest absolute Gasteiger partial charge is 0.493 e. The molecule has 0 radical (unpaired) electrons. The second kappa shape index (κ2) is 7.20. The van der Waals surface area contributed by atoms with Gasteiger partial charge in [0.15, 0.2) is 11.5 Å². The molecule has 0 fully saturated rings. The molecule has 4 heteroatoms. The van der Waals surface area contributed by atoms with Gasteiger partial charge in [-0.3, -0.25) is 0 Å². The minimum absolute atomic E-state index is 0.610. The molecule has 0 unspecified atom stereocenters. The maximum absolute atomic E-state index is 8.77. The van der Waals surface area contributed by atoms with Crippen LogP contribution in [0.2, 0.25) is 0 Å². The zero-order chi connectivity index (χ0) is 15.1. The predicted molar refractivity (Wildman–Crippen MR) is 82.6 cm³/mol. The van der Waals surface area contributed by atoms with Crippen LogP contribution < -0.4 is 14.8 Å². The molecule has 0 aliphatic rings. The molecule has 0 spiro atoms. The van der Waals surface area contributed by atoms with Crippen molar-refractivity contribution in [3.63, 3.8) is 0 Å². The van der Waals surface area contributed by atoms with Crippen molar-refractivity contribution in [3.8, 4) is 17.6 Å². The molecule has 1 N–H and O–H groups in total. The van der Waals surface area contributed by atoms with E-state index in [1.807, 2.05) is 37.3 Å². The summed E-state index contributed by atoms with van der Waals surface area (Å²) in [5.41, 5.74) is 2.73. The average molecular weight is 282 g/mol. The summed E-state index contributed by atoms with van der Waals surface area (Å²) in [6, 6.07) is 15.4. The molecule has 2 aromatic carbocycles. The zero-order valence-electron chi connectivity index (χ0n) is 12.2. The van der Waals surface area contributed by atoms with Crippen molar-refractivity contribution < 1.29 is 9.47 Å². The quantitative estimate of drug-likeness (QED) is 0.880. The summed E-state index contributed by atoms with van der Waals surface area (Å²) in [6.45, 7) is 3.23. The van der Waals surface area contributed by atoms with Crippen LogP contribution in [0.3, 0.4) is 0 Å². The number of anilines is 1. The molecule has 0 aliphatic carbocycles.